The van der Waals surface area contributed by atoms with E-state index in [1.54, 1.807) is 17.6 Å². The van der Waals surface area contributed by atoms with Gasteiger partial charge in [0.05, 0.1) is 41.0 Å². The van der Waals surface area contributed by atoms with Crippen molar-refractivity contribution in [1.82, 2.24) is 9.55 Å². The minimum absolute atomic E-state index is 0.0570. The summed E-state index contributed by atoms with van der Waals surface area (Å²) in [6, 6.07) is 2.62. The summed E-state index contributed by atoms with van der Waals surface area (Å²) < 4.78 is 26.8. The number of rotatable bonds is 2. The average molecular weight is 469 g/mol. The number of carbonyl (C=O) groups excluding carboxylic acids is 1. The Bertz CT molecular complexity index is 1470. The molecule has 6 rings (SSSR count). The van der Waals surface area contributed by atoms with Gasteiger partial charge in [-0.05, 0) is 18.1 Å². The fraction of sp³-hybridized carbons (Fsp3) is 0.348. The predicted molar refractivity (Wildman–Crippen MR) is 119 cm³/mol. The Morgan fingerprint density at radius 2 is 2.18 bits per heavy atom. The molecule has 0 spiro atoms. The maximum absolute atomic E-state index is 14.8. The van der Waals surface area contributed by atoms with Gasteiger partial charge in [-0.1, -0.05) is 6.92 Å². The van der Waals surface area contributed by atoms with Gasteiger partial charge in [-0.3, -0.25) is 4.79 Å². The summed E-state index contributed by atoms with van der Waals surface area (Å²) in [5.74, 6) is -0.614. The maximum atomic E-state index is 14.8. The number of hydrogen-bond acceptors (Lipinski definition) is 8. The molecule has 2 aromatic heterocycles. The third-order valence-electron chi connectivity index (χ3n) is 6.87. The summed E-state index contributed by atoms with van der Waals surface area (Å²) in [4.78, 5) is 31.2. The lowest BCUT2D eigenvalue weighted by Gasteiger charge is -2.31. The number of cyclic esters (lactones) is 1. The predicted octanol–water partition coefficient (Wildman–Crippen LogP) is 2.33. The zero-order valence-corrected chi connectivity index (χ0v) is 18.7. The van der Waals surface area contributed by atoms with Gasteiger partial charge >= 0.3 is 5.97 Å². The zero-order valence-electron chi connectivity index (χ0n) is 17.9. The number of halogens is 1. The molecule has 0 aliphatic carbocycles. The highest BCUT2D eigenvalue weighted by molar-refractivity contribution is 7.99. The van der Waals surface area contributed by atoms with Gasteiger partial charge in [0.25, 0.3) is 5.56 Å². The van der Waals surface area contributed by atoms with Gasteiger partial charge in [-0.2, -0.15) is 0 Å². The molecule has 0 fully saturated rings. The van der Waals surface area contributed by atoms with E-state index in [2.05, 4.69) is 0 Å². The van der Waals surface area contributed by atoms with Crippen molar-refractivity contribution in [1.29, 1.82) is 0 Å². The normalized spacial score (nSPS) is 22.6. The molecule has 8 nitrogen and oxygen atoms in total. The Morgan fingerprint density at radius 1 is 1.39 bits per heavy atom. The van der Waals surface area contributed by atoms with Crippen LogP contribution in [-0.4, -0.2) is 33.5 Å². The fourth-order valence-electron chi connectivity index (χ4n) is 5.19. The summed E-state index contributed by atoms with van der Waals surface area (Å²) in [7, 11) is 1.43. The van der Waals surface area contributed by atoms with Crippen molar-refractivity contribution in [2.24, 2.45) is 5.73 Å². The minimum Gasteiger partial charge on any atom is -0.492 e. The largest absolute Gasteiger partial charge is 0.492 e. The third kappa shape index (κ3) is 2.51. The number of thioether (sulfide) groups is 1. The van der Waals surface area contributed by atoms with E-state index in [-0.39, 0.29) is 48.0 Å². The number of pyridine rings is 2. The van der Waals surface area contributed by atoms with E-state index in [1.807, 2.05) is 0 Å². The monoisotopic (exact) mass is 469 g/mol. The number of carbonyl (C=O) groups is 1. The first-order valence-corrected chi connectivity index (χ1v) is 11.6. The summed E-state index contributed by atoms with van der Waals surface area (Å²) in [6.07, 6.45) is 0.0570. The summed E-state index contributed by atoms with van der Waals surface area (Å²) in [5.41, 5.74) is 7.75. The van der Waals surface area contributed by atoms with Crippen molar-refractivity contribution >= 4 is 28.6 Å². The van der Waals surface area contributed by atoms with Gasteiger partial charge in [0.1, 0.15) is 6.61 Å². The number of nitrogens with zero attached hydrogens (tertiary/aromatic N) is 2. The Hall–Kier alpha value is -2.95. The van der Waals surface area contributed by atoms with Crippen LogP contribution in [0.25, 0.3) is 22.3 Å². The zero-order chi connectivity index (χ0) is 23.2. The summed E-state index contributed by atoms with van der Waals surface area (Å²) in [5, 5.41) is 11.8. The van der Waals surface area contributed by atoms with Crippen LogP contribution in [-0.2, 0) is 28.3 Å². The Labute approximate surface area is 191 Å². The Morgan fingerprint density at radius 3 is 2.91 bits per heavy atom. The van der Waals surface area contributed by atoms with Crippen LogP contribution in [0.4, 0.5) is 4.39 Å². The molecule has 3 aliphatic rings. The number of nitrogens with two attached hydrogens (primary N) is 1. The number of hydrogen-bond donors (Lipinski definition) is 2. The molecular weight excluding hydrogens is 449 g/mol. The van der Waals surface area contributed by atoms with Crippen molar-refractivity contribution in [3.05, 3.63) is 50.6 Å². The maximum Gasteiger partial charge on any atom is 0.343 e. The summed E-state index contributed by atoms with van der Waals surface area (Å²) >= 11 is 1.42. The number of aliphatic hydroxyl groups is 1. The van der Waals surface area contributed by atoms with Crippen LogP contribution in [0, 0.1) is 5.82 Å². The van der Waals surface area contributed by atoms with Gasteiger partial charge in [0, 0.05) is 34.4 Å². The number of benzene rings is 1. The number of esters is 1. The van der Waals surface area contributed by atoms with Crippen LogP contribution in [0.2, 0.25) is 0 Å². The molecule has 33 heavy (non-hydrogen) atoms. The number of ether oxygens (including phenoxy) is 2. The lowest BCUT2D eigenvalue weighted by atomic mass is 9.86. The Kier molecular flexibility index (Phi) is 4.24. The quantitative estimate of drug-likeness (QED) is 0.430. The van der Waals surface area contributed by atoms with Crippen molar-refractivity contribution < 1.29 is 23.8 Å². The number of aromatic nitrogens is 2. The second kappa shape index (κ2) is 6.78. The molecule has 0 bridgehead atoms. The topological polar surface area (TPSA) is 117 Å². The van der Waals surface area contributed by atoms with Gasteiger partial charge in [-0.15, -0.1) is 11.8 Å². The first-order valence-electron chi connectivity index (χ1n) is 10.6. The molecule has 1 unspecified atom stereocenters. The van der Waals surface area contributed by atoms with E-state index in [0.29, 0.717) is 27.6 Å². The lowest BCUT2D eigenvalue weighted by Crippen LogP contribution is -2.44. The second-order valence-corrected chi connectivity index (χ2v) is 9.52. The van der Waals surface area contributed by atoms with Gasteiger partial charge in [0.2, 0.25) is 0 Å². The van der Waals surface area contributed by atoms with Crippen LogP contribution >= 0.6 is 11.8 Å². The molecule has 10 heteroatoms. The highest BCUT2D eigenvalue weighted by atomic mass is 32.2. The van der Waals surface area contributed by atoms with Crippen LogP contribution in [0.1, 0.15) is 41.6 Å². The molecule has 0 amide bonds. The highest BCUT2D eigenvalue weighted by Crippen LogP contribution is 2.49. The lowest BCUT2D eigenvalue weighted by molar-refractivity contribution is -0.172. The molecule has 5 heterocycles. The highest BCUT2D eigenvalue weighted by Gasteiger charge is 2.45. The number of fused-ring (bicyclic) bond motifs is 5. The van der Waals surface area contributed by atoms with Crippen molar-refractivity contribution in [2.75, 3.05) is 12.9 Å². The van der Waals surface area contributed by atoms with E-state index in [4.69, 9.17) is 20.2 Å². The van der Waals surface area contributed by atoms with E-state index < -0.39 is 17.4 Å². The van der Waals surface area contributed by atoms with Crippen LogP contribution < -0.4 is 16.0 Å². The van der Waals surface area contributed by atoms with Crippen LogP contribution in [0.3, 0.4) is 0 Å². The van der Waals surface area contributed by atoms with E-state index in [9.17, 15) is 19.1 Å². The van der Waals surface area contributed by atoms with Gasteiger partial charge in [0.15, 0.2) is 17.2 Å². The van der Waals surface area contributed by atoms with Crippen LogP contribution in [0.5, 0.6) is 5.75 Å². The van der Waals surface area contributed by atoms with Gasteiger partial charge < -0.3 is 24.9 Å². The van der Waals surface area contributed by atoms with E-state index in [0.717, 1.165) is 16.5 Å². The summed E-state index contributed by atoms with van der Waals surface area (Å²) in [6.45, 7) is 1.70. The fourth-order valence-corrected chi connectivity index (χ4v) is 6.37. The van der Waals surface area contributed by atoms with Crippen LogP contribution in [0.15, 0.2) is 21.8 Å². The molecule has 0 saturated heterocycles. The second-order valence-electron chi connectivity index (χ2n) is 8.49. The van der Waals surface area contributed by atoms with Gasteiger partial charge in [-0.25, -0.2) is 14.2 Å². The molecule has 3 aliphatic heterocycles. The first-order chi connectivity index (χ1) is 15.8. The molecular formula is C23H20FN3O5S. The average Bonchev–Trinajstić information content (AvgIpc) is 3.17. The third-order valence-corrected chi connectivity index (χ3v) is 8.07. The minimum atomic E-state index is -1.91. The molecule has 170 valence electrons. The number of methoxy groups -OCH3 is 1. The molecule has 3 aromatic rings. The van der Waals surface area contributed by atoms with Crippen molar-refractivity contribution in [3.63, 3.8) is 0 Å². The molecule has 0 saturated carbocycles. The van der Waals surface area contributed by atoms with E-state index in [1.165, 1.54) is 24.9 Å². The Balaban J connectivity index is 1.69. The molecule has 2 atom stereocenters. The molecule has 1 aromatic carbocycles. The van der Waals surface area contributed by atoms with Crippen molar-refractivity contribution in [3.8, 4) is 17.1 Å². The van der Waals surface area contributed by atoms with Crippen molar-refractivity contribution in [2.45, 2.75) is 43.0 Å². The van der Waals surface area contributed by atoms with E-state index >= 15 is 0 Å². The molecule has 3 N–H and O–H groups in total. The smallest absolute Gasteiger partial charge is 0.343 e. The molecule has 0 radical (unpaired) electrons. The standard InChI is InChI=1S/C23H20FN3O5S/c1-3-23(30)11-4-15-18-9(6-27(15)21(28)10(11)7-32-22(23)29)16-13(25)8-33-20-17(16)14(26-18)5-12(24)19(20)31-2/h4-5,13,30H,3,6-8,25H2,1-2H3/t13?,23-/m0/s1. The SMILES string of the molecule is CC[C@@]1(O)C(=O)OCc2c1cc1n(c2=O)Cc2c-1nc1cc(F)c(OC)c3c1c2C(N)CS3. The first kappa shape index (κ1) is 20.6.